The fourth-order valence-electron chi connectivity index (χ4n) is 1.77. The molecule has 3 heteroatoms. The van der Waals surface area contributed by atoms with Crippen LogP contribution in [0.25, 0.3) is 0 Å². The molecule has 0 saturated heterocycles. The lowest BCUT2D eigenvalue weighted by Crippen LogP contribution is -2.09. The van der Waals surface area contributed by atoms with Crippen molar-refractivity contribution in [2.45, 2.75) is 6.92 Å². The second-order valence-corrected chi connectivity index (χ2v) is 4.35. The van der Waals surface area contributed by atoms with Gasteiger partial charge in [-0.3, -0.25) is 0 Å². The number of hydrogen-bond donors (Lipinski definition) is 0. The largest absolute Gasteiger partial charge is 0.492 e. The highest BCUT2D eigenvalue weighted by atomic mass is 35.5. The van der Waals surface area contributed by atoms with Gasteiger partial charge in [0, 0.05) is 24.5 Å². The molecule has 0 saturated carbocycles. The van der Waals surface area contributed by atoms with Gasteiger partial charge in [-0.15, -0.1) is 0 Å². The average molecular weight is 262 g/mol. The maximum Gasteiger partial charge on any atom is 0.139 e. The molecule has 0 bridgehead atoms. The van der Waals surface area contributed by atoms with Crippen LogP contribution in [0, 0.1) is 0 Å². The molecular weight excluding hydrogens is 246 g/mol. The predicted octanol–water partition coefficient (Wildman–Crippen LogP) is 4.51. The Kier molecular flexibility index (Phi) is 4.11. The summed E-state index contributed by atoms with van der Waals surface area (Å²) in [6.45, 7) is 2.56. The van der Waals surface area contributed by atoms with Crippen LogP contribution in [0.5, 0.6) is 5.75 Å². The van der Waals surface area contributed by atoms with E-state index in [2.05, 4.69) is 17.0 Å². The SMILES string of the molecule is CCOc1cc(N(C)c2ccccc2)ccc1Cl. The van der Waals surface area contributed by atoms with Crippen molar-refractivity contribution in [3.05, 3.63) is 53.6 Å². The van der Waals surface area contributed by atoms with Crippen molar-refractivity contribution in [2.24, 2.45) is 0 Å². The maximum absolute atomic E-state index is 6.08. The highest BCUT2D eigenvalue weighted by molar-refractivity contribution is 6.32. The zero-order valence-corrected chi connectivity index (χ0v) is 11.3. The molecule has 2 rings (SSSR count). The van der Waals surface area contributed by atoms with Crippen LogP contribution >= 0.6 is 11.6 Å². The van der Waals surface area contributed by atoms with Gasteiger partial charge in [0.15, 0.2) is 0 Å². The molecule has 0 atom stereocenters. The summed E-state index contributed by atoms with van der Waals surface area (Å²) in [5.74, 6) is 0.722. The summed E-state index contributed by atoms with van der Waals surface area (Å²) in [4.78, 5) is 2.10. The highest BCUT2D eigenvalue weighted by Gasteiger charge is 2.07. The first-order valence-electron chi connectivity index (χ1n) is 5.93. The Hall–Kier alpha value is -1.67. The van der Waals surface area contributed by atoms with Crippen molar-refractivity contribution in [3.8, 4) is 5.75 Å². The summed E-state index contributed by atoms with van der Waals surface area (Å²) in [7, 11) is 2.02. The van der Waals surface area contributed by atoms with Crippen molar-refractivity contribution < 1.29 is 4.74 Å². The summed E-state index contributed by atoms with van der Waals surface area (Å²) >= 11 is 6.08. The Morgan fingerprint density at radius 3 is 2.44 bits per heavy atom. The monoisotopic (exact) mass is 261 g/mol. The van der Waals surface area contributed by atoms with Crippen LogP contribution in [0.3, 0.4) is 0 Å². The number of para-hydroxylation sites is 1. The lowest BCUT2D eigenvalue weighted by Gasteiger charge is -2.20. The summed E-state index contributed by atoms with van der Waals surface area (Å²) < 4.78 is 5.50. The number of nitrogens with zero attached hydrogens (tertiary/aromatic N) is 1. The molecule has 18 heavy (non-hydrogen) atoms. The molecule has 94 valence electrons. The lowest BCUT2D eigenvalue weighted by atomic mass is 10.2. The predicted molar refractivity (Wildman–Crippen MR) is 77.1 cm³/mol. The minimum absolute atomic E-state index is 0.609. The van der Waals surface area contributed by atoms with Gasteiger partial charge < -0.3 is 9.64 Å². The molecule has 0 aliphatic rings. The fraction of sp³-hybridized carbons (Fsp3) is 0.200. The van der Waals surface area contributed by atoms with Crippen LogP contribution in [0.15, 0.2) is 48.5 Å². The molecule has 0 N–H and O–H groups in total. The van der Waals surface area contributed by atoms with E-state index < -0.39 is 0 Å². The van der Waals surface area contributed by atoms with Gasteiger partial charge in [-0.25, -0.2) is 0 Å². The molecule has 0 aliphatic carbocycles. The standard InChI is InChI=1S/C15H16ClNO/c1-3-18-15-11-13(9-10-14(15)16)17(2)12-7-5-4-6-8-12/h4-11H,3H2,1-2H3. The Morgan fingerprint density at radius 2 is 1.78 bits per heavy atom. The normalized spacial score (nSPS) is 10.2. The smallest absolute Gasteiger partial charge is 0.139 e. The van der Waals surface area contributed by atoms with E-state index in [4.69, 9.17) is 16.3 Å². The molecule has 0 heterocycles. The Bertz CT molecular complexity index is 513. The van der Waals surface area contributed by atoms with Crippen molar-refractivity contribution in [1.82, 2.24) is 0 Å². The van der Waals surface area contributed by atoms with Crippen molar-refractivity contribution in [2.75, 3.05) is 18.6 Å². The van der Waals surface area contributed by atoms with E-state index in [0.717, 1.165) is 17.1 Å². The van der Waals surface area contributed by atoms with Crippen molar-refractivity contribution in [1.29, 1.82) is 0 Å². The van der Waals surface area contributed by atoms with Crippen LogP contribution in [-0.2, 0) is 0 Å². The lowest BCUT2D eigenvalue weighted by molar-refractivity contribution is 0.340. The highest BCUT2D eigenvalue weighted by Crippen LogP contribution is 2.32. The molecule has 2 nitrogen and oxygen atoms in total. The van der Waals surface area contributed by atoms with Gasteiger partial charge in [-0.2, -0.15) is 0 Å². The molecule has 0 unspecified atom stereocenters. The van der Waals surface area contributed by atoms with Gasteiger partial charge in [0.2, 0.25) is 0 Å². The topological polar surface area (TPSA) is 12.5 Å². The molecule has 0 radical (unpaired) electrons. The van der Waals surface area contributed by atoms with Crippen LogP contribution in [0.4, 0.5) is 11.4 Å². The van der Waals surface area contributed by atoms with Crippen LogP contribution in [-0.4, -0.2) is 13.7 Å². The number of halogens is 1. The van der Waals surface area contributed by atoms with Gasteiger partial charge >= 0.3 is 0 Å². The molecule has 0 aromatic heterocycles. The minimum Gasteiger partial charge on any atom is -0.492 e. The first-order valence-corrected chi connectivity index (χ1v) is 6.31. The summed E-state index contributed by atoms with van der Waals surface area (Å²) in [5, 5.41) is 0.641. The van der Waals surface area contributed by atoms with Gasteiger partial charge in [0.05, 0.1) is 11.6 Å². The molecule has 0 fully saturated rings. The molecular formula is C15H16ClNO. The number of rotatable bonds is 4. The third-order valence-corrected chi connectivity index (χ3v) is 3.06. The van der Waals surface area contributed by atoms with E-state index >= 15 is 0 Å². The molecule has 0 amide bonds. The first-order chi connectivity index (χ1) is 8.72. The van der Waals surface area contributed by atoms with E-state index in [1.807, 2.05) is 50.4 Å². The zero-order chi connectivity index (χ0) is 13.0. The maximum atomic E-state index is 6.08. The Morgan fingerprint density at radius 1 is 1.06 bits per heavy atom. The van der Waals surface area contributed by atoms with Gasteiger partial charge in [0.1, 0.15) is 5.75 Å². The molecule has 2 aromatic carbocycles. The summed E-state index contributed by atoms with van der Waals surface area (Å²) in [6, 6.07) is 16.0. The second kappa shape index (κ2) is 5.78. The number of benzene rings is 2. The van der Waals surface area contributed by atoms with Gasteiger partial charge in [-0.1, -0.05) is 29.8 Å². The van der Waals surface area contributed by atoms with Crippen molar-refractivity contribution >= 4 is 23.0 Å². The van der Waals surface area contributed by atoms with E-state index in [9.17, 15) is 0 Å². The number of anilines is 2. The van der Waals surface area contributed by atoms with Crippen LogP contribution in [0.1, 0.15) is 6.92 Å². The minimum atomic E-state index is 0.609. The third kappa shape index (κ3) is 2.77. The number of hydrogen-bond acceptors (Lipinski definition) is 2. The molecule has 0 aliphatic heterocycles. The van der Waals surface area contributed by atoms with E-state index in [0.29, 0.717) is 11.6 Å². The van der Waals surface area contributed by atoms with Gasteiger partial charge in [0.25, 0.3) is 0 Å². The quantitative estimate of drug-likeness (QED) is 0.803. The number of ether oxygens (including phenoxy) is 1. The third-order valence-electron chi connectivity index (χ3n) is 2.75. The Labute approximate surface area is 113 Å². The van der Waals surface area contributed by atoms with Crippen LogP contribution < -0.4 is 9.64 Å². The Balaban J connectivity index is 2.31. The van der Waals surface area contributed by atoms with Gasteiger partial charge in [-0.05, 0) is 31.2 Å². The van der Waals surface area contributed by atoms with E-state index in [1.54, 1.807) is 0 Å². The van der Waals surface area contributed by atoms with Crippen molar-refractivity contribution in [3.63, 3.8) is 0 Å². The summed E-state index contributed by atoms with van der Waals surface area (Å²) in [5.41, 5.74) is 2.18. The fourth-order valence-corrected chi connectivity index (χ4v) is 1.94. The summed E-state index contributed by atoms with van der Waals surface area (Å²) in [6.07, 6.45) is 0. The van der Waals surface area contributed by atoms with E-state index in [1.165, 1.54) is 0 Å². The average Bonchev–Trinajstić information content (AvgIpc) is 2.42. The molecule has 0 spiro atoms. The second-order valence-electron chi connectivity index (χ2n) is 3.94. The first kappa shape index (κ1) is 12.8. The zero-order valence-electron chi connectivity index (χ0n) is 10.6. The molecule has 2 aromatic rings. The van der Waals surface area contributed by atoms with Crippen LogP contribution in [0.2, 0.25) is 5.02 Å². The van der Waals surface area contributed by atoms with E-state index in [-0.39, 0.29) is 0 Å².